The molecule has 1 amide bonds. The minimum absolute atomic E-state index is 0.0558. The van der Waals surface area contributed by atoms with Crippen LogP contribution in [0.15, 0.2) is 29.3 Å². The fourth-order valence-corrected chi connectivity index (χ4v) is 4.61. The summed E-state index contributed by atoms with van der Waals surface area (Å²) < 4.78 is 29.6. The van der Waals surface area contributed by atoms with Gasteiger partial charge < -0.3 is 5.32 Å². The van der Waals surface area contributed by atoms with Gasteiger partial charge in [0.05, 0.1) is 5.69 Å². The number of rotatable bonds is 5. The van der Waals surface area contributed by atoms with E-state index in [1.54, 1.807) is 31.2 Å². The molecule has 0 aliphatic heterocycles. The van der Waals surface area contributed by atoms with Gasteiger partial charge in [0, 0.05) is 18.3 Å². The number of nitrogens with zero attached hydrogens (tertiary/aromatic N) is 3. The van der Waals surface area contributed by atoms with Gasteiger partial charge in [0.2, 0.25) is 15.9 Å². The van der Waals surface area contributed by atoms with Crippen molar-refractivity contribution in [2.75, 3.05) is 10.0 Å². The zero-order valence-corrected chi connectivity index (χ0v) is 15.5. The van der Waals surface area contributed by atoms with Gasteiger partial charge in [-0.2, -0.15) is 18.0 Å². The predicted molar refractivity (Wildman–Crippen MR) is 96.5 cm³/mol. The molecule has 0 saturated carbocycles. The van der Waals surface area contributed by atoms with Crippen molar-refractivity contribution in [2.24, 2.45) is 0 Å². The number of aromatic nitrogens is 3. The van der Waals surface area contributed by atoms with Crippen molar-refractivity contribution in [3.05, 3.63) is 35.0 Å². The van der Waals surface area contributed by atoms with E-state index in [4.69, 9.17) is 0 Å². The SMILES string of the molecule is CCc1nc2sc(C)nn2c1S(=O)(=O)Nc1ccc(NC(C)=O)cc1. The molecule has 0 bridgehead atoms. The molecule has 3 aromatic rings. The summed E-state index contributed by atoms with van der Waals surface area (Å²) in [6, 6.07) is 6.41. The summed E-state index contributed by atoms with van der Waals surface area (Å²) in [5, 5.41) is 7.66. The lowest BCUT2D eigenvalue weighted by Gasteiger charge is -2.09. The second-order valence-electron chi connectivity index (χ2n) is 5.40. The lowest BCUT2D eigenvalue weighted by molar-refractivity contribution is -0.114. The van der Waals surface area contributed by atoms with Crippen LogP contribution in [0.25, 0.3) is 4.96 Å². The number of nitrogens with one attached hydrogen (secondary N) is 2. The average Bonchev–Trinajstić information content (AvgIpc) is 3.03. The Bertz CT molecular complexity index is 1040. The van der Waals surface area contributed by atoms with Crippen molar-refractivity contribution < 1.29 is 13.2 Å². The molecule has 0 radical (unpaired) electrons. The van der Waals surface area contributed by atoms with E-state index in [-0.39, 0.29) is 10.9 Å². The molecule has 25 heavy (non-hydrogen) atoms. The Balaban J connectivity index is 1.95. The van der Waals surface area contributed by atoms with Crippen LogP contribution in [0.5, 0.6) is 0 Å². The van der Waals surface area contributed by atoms with Gasteiger partial charge in [-0.1, -0.05) is 18.3 Å². The number of aryl methyl sites for hydroxylation is 2. The van der Waals surface area contributed by atoms with Crippen molar-refractivity contribution in [3.8, 4) is 0 Å². The molecule has 0 saturated heterocycles. The Hall–Kier alpha value is -2.46. The van der Waals surface area contributed by atoms with E-state index in [1.165, 1.54) is 22.8 Å². The van der Waals surface area contributed by atoms with Crippen molar-refractivity contribution in [1.29, 1.82) is 0 Å². The minimum atomic E-state index is -3.85. The molecule has 10 heteroatoms. The quantitative estimate of drug-likeness (QED) is 0.708. The molecule has 2 N–H and O–H groups in total. The van der Waals surface area contributed by atoms with Gasteiger partial charge in [-0.05, 0) is 37.6 Å². The Labute approximate surface area is 149 Å². The van der Waals surface area contributed by atoms with E-state index in [2.05, 4.69) is 20.1 Å². The maximum Gasteiger partial charge on any atom is 0.281 e. The molecule has 0 atom stereocenters. The Morgan fingerprint density at radius 3 is 2.48 bits per heavy atom. The highest BCUT2D eigenvalue weighted by atomic mass is 32.2. The number of fused-ring (bicyclic) bond motifs is 1. The van der Waals surface area contributed by atoms with Crippen LogP contribution >= 0.6 is 11.3 Å². The molecule has 0 aliphatic carbocycles. The van der Waals surface area contributed by atoms with Crippen molar-refractivity contribution in [3.63, 3.8) is 0 Å². The summed E-state index contributed by atoms with van der Waals surface area (Å²) >= 11 is 1.34. The lowest BCUT2D eigenvalue weighted by atomic mass is 10.3. The number of hydrogen-bond donors (Lipinski definition) is 2. The number of imidazole rings is 1. The Morgan fingerprint density at radius 1 is 1.24 bits per heavy atom. The molecule has 0 aliphatic rings. The van der Waals surface area contributed by atoms with E-state index >= 15 is 0 Å². The van der Waals surface area contributed by atoms with Gasteiger partial charge in [-0.3, -0.25) is 9.52 Å². The van der Waals surface area contributed by atoms with E-state index in [0.29, 0.717) is 28.5 Å². The van der Waals surface area contributed by atoms with Gasteiger partial charge in [-0.15, -0.1) is 0 Å². The summed E-state index contributed by atoms with van der Waals surface area (Å²) in [5.74, 6) is -0.193. The first-order valence-corrected chi connectivity index (χ1v) is 9.85. The highest BCUT2D eigenvalue weighted by molar-refractivity contribution is 7.92. The average molecular weight is 379 g/mol. The summed E-state index contributed by atoms with van der Waals surface area (Å²) in [6.07, 6.45) is 0.479. The van der Waals surface area contributed by atoms with Crippen LogP contribution in [0.4, 0.5) is 11.4 Å². The van der Waals surface area contributed by atoms with Crippen LogP contribution < -0.4 is 10.0 Å². The first-order chi connectivity index (χ1) is 11.8. The van der Waals surface area contributed by atoms with Gasteiger partial charge in [0.1, 0.15) is 5.01 Å². The number of hydrogen-bond acceptors (Lipinski definition) is 6. The third-order valence-corrected chi connectivity index (χ3v) is 5.62. The number of amides is 1. The first kappa shape index (κ1) is 17.4. The van der Waals surface area contributed by atoms with E-state index in [1.807, 2.05) is 6.92 Å². The standard InChI is InChI=1S/C15H17N5O3S2/c1-4-13-14(20-15(17-13)24-10(3)18-20)25(22,23)19-12-7-5-11(6-8-12)16-9(2)21/h5-8,19H,4H2,1-3H3,(H,16,21). The molecule has 0 fully saturated rings. The number of sulfonamides is 1. The van der Waals surface area contributed by atoms with Gasteiger partial charge in [0.15, 0.2) is 0 Å². The second-order valence-corrected chi connectivity index (χ2v) is 8.15. The minimum Gasteiger partial charge on any atom is -0.326 e. The normalized spacial score (nSPS) is 11.6. The molecular weight excluding hydrogens is 362 g/mol. The number of carbonyl (C=O) groups excluding carboxylic acids is 1. The van der Waals surface area contributed by atoms with Gasteiger partial charge in [-0.25, -0.2) is 4.98 Å². The third-order valence-electron chi connectivity index (χ3n) is 3.38. The molecule has 8 nitrogen and oxygen atoms in total. The third kappa shape index (κ3) is 3.49. The Morgan fingerprint density at radius 2 is 1.88 bits per heavy atom. The lowest BCUT2D eigenvalue weighted by Crippen LogP contribution is -2.17. The summed E-state index contributed by atoms with van der Waals surface area (Å²) in [4.78, 5) is 16.0. The molecule has 0 spiro atoms. The molecule has 1 aromatic carbocycles. The molecule has 2 aromatic heterocycles. The van der Waals surface area contributed by atoms with Crippen LogP contribution in [-0.4, -0.2) is 28.9 Å². The van der Waals surface area contributed by atoms with Crippen LogP contribution in [-0.2, 0) is 21.2 Å². The predicted octanol–water partition coefficient (Wildman–Crippen LogP) is 2.42. The molecule has 2 heterocycles. The largest absolute Gasteiger partial charge is 0.326 e. The van der Waals surface area contributed by atoms with Crippen LogP contribution in [0, 0.1) is 6.92 Å². The van der Waals surface area contributed by atoms with Crippen molar-refractivity contribution in [2.45, 2.75) is 32.2 Å². The van der Waals surface area contributed by atoms with Crippen molar-refractivity contribution in [1.82, 2.24) is 14.6 Å². The zero-order valence-electron chi connectivity index (χ0n) is 13.9. The van der Waals surface area contributed by atoms with Gasteiger partial charge in [0.25, 0.3) is 10.0 Å². The molecule has 0 unspecified atom stereocenters. The number of carbonyl (C=O) groups is 1. The topological polar surface area (TPSA) is 105 Å². The summed E-state index contributed by atoms with van der Waals surface area (Å²) in [5.41, 5.74) is 1.45. The van der Waals surface area contributed by atoms with E-state index < -0.39 is 10.0 Å². The zero-order chi connectivity index (χ0) is 18.2. The molecule has 132 valence electrons. The monoisotopic (exact) mass is 379 g/mol. The molecular formula is C15H17N5O3S2. The highest BCUT2D eigenvalue weighted by Gasteiger charge is 2.26. The van der Waals surface area contributed by atoms with E-state index in [0.717, 1.165) is 5.01 Å². The maximum absolute atomic E-state index is 12.9. The van der Waals surface area contributed by atoms with Crippen LogP contribution in [0.1, 0.15) is 24.5 Å². The van der Waals surface area contributed by atoms with Crippen LogP contribution in [0.2, 0.25) is 0 Å². The fraction of sp³-hybridized carbons (Fsp3) is 0.267. The number of anilines is 2. The highest BCUT2D eigenvalue weighted by Crippen LogP contribution is 2.25. The van der Waals surface area contributed by atoms with Crippen LogP contribution in [0.3, 0.4) is 0 Å². The molecule has 3 rings (SSSR count). The van der Waals surface area contributed by atoms with E-state index in [9.17, 15) is 13.2 Å². The smallest absolute Gasteiger partial charge is 0.281 e. The first-order valence-electron chi connectivity index (χ1n) is 7.55. The summed E-state index contributed by atoms with van der Waals surface area (Å²) in [6.45, 7) is 5.06. The summed E-state index contributed by atoms with van der Waals surface area (Å²) in [7, 11) is -3.85. The van der Waals surface area contributed by atoms with Crippen molar-refractivity contribution >= 4 is 43.6 Å². The van der Waals surface area contributed by atoms with Gasteiger partial charge >= 0.3 is 0 Å². The maximum atomic E-state index is 12.9. The fourth-order valence-electron chi connectivity index (χ4n) is 2.39. The number of benzene rings is 1. The Kier molecular flexibility index (Phi) is 4.48. The second kappa shape index (κ2) is 6.45.